The van der Waals surface area contributed by atoms with E-state index >= 15 is 0 Å². The SMILES string of the molecule is CC(C)NCC1CCN(C(C)c2ccc(Br)cc2)C1. The van der Waals surface area contributed by atoms with Gasteiger partial charge in [0.15, 0.2) is 0 Å². The van der Waals surface area contributed by atoms with Crippen molar-refractivity contribution in [1.29, 1.82) is 0 Å². The maximum absolute atomic E-state index is 3.56. The summed E-state index contributed by atoms with van der Waals surface area (Å²) in [4.78, 5) is 2.61. The third-order valence-corrected chi connectivity index (χ3v) is 4.56. The standard InChI is InChI=1S/C16H25BrN2/c1-12(2)18-10-14-8-9-19(11-14)13(3)15-4-6-16(17)7-5-15/h4-7,12-14,18H,8-11H2,1-3H3. The van der Waals surface area contributed by atoms with E-state index < -0.39 is 0 Å². The summed E-state index contributed by atoms with van der Waals surface area (Å²) in [5.41, 5.74) is 1.42. The zero-order valence-electron chi connectivity index (χ0n) is 12.2. The number of nitrogens with zero attached hydrogens (tertiary/aromatic N) is 1. The maximum Gasteiger partial charge on any atom is 0.0320 e. The normalized spacial score (nSPS) is 22.1. The van der Waals surface area contributed by atoms with Gasteiger partial charge in [0.2, 0.25) is 0 Å². The molecule has 0 amide bonds. The Morgan fingerprint density at radius 1 is 1.26 bits per heavy atom. The van der Waals surface area contributed by atoms with E-state index in [1.165, 1.54) is 25.1 Å². The number of benzene rings is 1. The Balaban J connectivity index is 1.87. The average Bonchev–Trinajstić information content (AvgIpc) is 2.85. The molecule has 1 aliphatic heterocycles. The van der Waals surface area contributed by atoms with Crippen LogP contribution in [0.5, 0.6) is 0 Å². The summed E-state index contributed by atoms with van der Waals surface area (Å²) >= 11 is 3.50. The Kier molecular flexibility index (Phi) is 5.43. The van der Waals surface area contributed by atoms with Crippen LogP contribution in [0.3, 0.4) is 0 Å². The average molecular weight is 325 g/mol. The summed E-state index contributed by atoms with van der Waals surface area (Å²) in [6, 6.07) is 9.86. The Labute approximate surface area is 125 Å². The molecule has 1 aromatic rings. The van der Waals surface area contributed by atoms with E-state index in [1.807, 2.05) is 0 Å². The van der Waals surface area contributed by atoms with E-state index in [-0.39, 0.29) is 0 Å². The molecule has 106 valence electrons. The molecule has 0 aromatic heterocycles. The molecule has 0 bridgehead atoms. The van der Waals surface area contributed by atoms with Gasteiger partial charge < -0.3 is 5.32 Å². The van der Waals surface area contributed by atoms with E-state index in [0.717, 1.165) is 16.9 Å². The van der Waals surface area contributed by atoms with Gasteiger partial charge in [-0.2, -0.15) is 0 Å². The first kappa shape index (κ1) is 15.0. The van der Waals surface area contributed by atoms with Gasteiger partial charge in [0.05, 0.1) is 0 Å². The third kappa shape index (κ3) is 4.30. The lowest BCUT2D eigenvalue weighted by atomic mass is 10.1. The van der Waals surface area contributed by atoms with Gasteiger partial charge in [-0.15, -0.1) is 0 Å². The van der Waals surface area contributed by atoms with Gasteiger partial charge in [-0.25, -0.2) is 0 Å². The molecule has 19 heavy (non-hydrogen) atoms. The number of likely N-dealkylation sites (tertiary alicyclic amines) is 1. The van der Waals surface area contributed by atoms with E-state index in [9.17, 15) is 0 Å². The zero-order chi connectivity index (χ0) is 13.8. The van der Waals surface area contributed by atoms with Crippen LogP contribution in [0, 0.1) is 5.92 Å². The highest BCUT2D eigenvalue weighted by Crippen LogP contribution is 2.27. The largest absolute Gasteiger partial charge is 0.314 e. The molecular weight excluding hydrogens is 300 g/mol. The number of hydrogen-bond acceptors (Lipinski definition) is 2. The molecule has 1 saturated heterocycles. The second-order valence-electron chi connectivity index (χ2n) is 5.94. The molecule has 1 heterocycles. The molecular formula is C16H25BrN2. The van der Waals surface area contributed by atoms with Crippen LogP contribution in [-0.2, 0) is 0 Å². The van der Waals surface area contributed by atoms with Gasteiger partial charge >= 0.3 is 0 Å². The van der Waals surface area contributed by atoms with Crippen molar-refractivity contribution >= 4 is 15.9 Å². The zero-order valence-corrected chi connectivity index (χ0v) is 13.8. The Hall–Kier alpha value is -0.380. The van der Waals surface area contributed by atoms with Crippen LogP contribution in [0.4, 0.5) is 0 Å². The van der Waals surface area contributed by atoms with Crippen molar-refractivity contribution in [2.75, 3.05) is 19.6 Å². The predicted octanol–water partition coefficient (Wildman–Crippen LogP) is 3.83. The van der Waals surface area contributed by atoms with Gasteiger partial charge in [0.1, 0.15) is 0 Å². The quantitative estimate of drug-likeness (QED) is 0.885. The van der Waals surface area contributed by atoms with Gasteiger partial charge in [-0.3, -0.25) is 4.90 Å². The van der Waals surface area contributed by atoms with Crippen molar-refractivity contribution in [1.82, 2.24) is 10.2 Å². The summed E-state index contributed by atoms with van der Waals surface area (Å²) in [6.45, 7) is 10.4. The minimum Gasteiger partial charge on any atom is -0.314 e. The Morgan fingerprint density at radius 3 is 2.58 bits per heavy atom. The molecule has 1 aromatic carbocycles. The van der Waals surface area contributed by atoms with Crippen molar-refractivity contribution in [3.8, 4) is 0 Å². The monoisotopic (exact) mass is 324 g/mol. The van der Waals surface area contributed by atoms with Gasteiger partial charge in [0, 0.05) is 23.1 Å². The molecule has 3 heteroatoms. The van der Waals surface area contributed by atoms with Crippen molar-refractivity contribution in [3.63, 3.8) is 0 Å². The predicted molar refractivity (Wildman–Crippen MR) is 85.4 cm³/mol. The van der Waals surface area contributed by atoms with Crippen LogP contribution < -0.4 is 5.32 Å². The molecule has 0 radical (unpaired) electrons. The molecule has 2 unspecified atom stereocenters. The minimum absolute atomic E-state index is 0.525. The first-order valence-corrected chi connectivity index (χ1v) is 8.08. The third-order valence-electron chi connectivity index (χ3n) is 4.03. The highest BCUT2D eigenvalue weighted by atomic mass is 79.9. The van der Waals surface area contributed by atoms with Crippen LogP contribution in [0.25, 0.3) is 0 Å². The smallest absolute Gasteiger partial charge is 0.0320 e. The first-order valence-electron chi connectivity index (χ1n) is 7.29. The lowest BCUT2D eigenvalue weighted by Gasteiger charge is -2.25. The van der Waals surface area contributed by atoms with Crippen LogP contribution in [-0.4, -0.2) is 30.6 Å². The number of hydrogen-bond donors (Lipinski definition) is 1. The van der Waals surface area contributed by atoms with Gasteiger partial charge in [-0.1, -0.05) is 41.9 Å². The molecule has 0 spiro atoms. The van der Waals surface area contributed by atoms with E-state index in [4.69, 9.17) is 0 Å². The number of rotatable bonds is 5. The number of nitrogens with one attached hydrogen (secondary N) is 1. The van der Waals surface area contributed by atoms with Crippen molar-refractivity contribution in [3.05, 3.63) is 34.3 Å². The second kappa shape index (κ2) is 6.87. The molecule has 0 saturated carbocycles. The van der Waals surface area contributed by atoms with Crippen LogP contribution in [0.15, 0.2) is 28.7 Å². The summed E-state index contributed by atoms with van der Waals surface area (Å²) < 4.78 is 1.16. The van der Waals surface area contributed by atoms with Crippen molar-refractivity contribution < 1.29 is 0 Å². The van der Waals surface area contributed by atoms with Gasteiger partial charge in [-0.05, 0) is 50.0 Å². The Morgan fingerprint density at radius 2 is 1.95 bits per heavy atom. The fourth-order valence-corrected chi connectivity index (χ4v) is 3.00. The summed E-state index contributed by atoms with van der Waals surface area (Å²) in [7, 11) is 0. The fourth-order valence-electron chi connectivity index (χ4n) is 2.74. The minimum atomic E-state index is 0.525. The highest BCUT2D eigenvalue weighted by Gasteiger charge is 2.26. The second-order valence-corrected chi connectivity index (χ2v) is 6.86. The van der Waals surface area contributed by atoms with Gasteiger partial charge in [0.25, 0.3) is 0 Å². The summed E-state index contributed by atoms with van der Waals surface area (Å²) in [5, 5.41) is 3.56. The summed E-state index contributed by atoms with van der Waals surface area (Å²) in [6.07, 6.45) is 1.32. The van der Waals surface area contributed by atoms with E-state index in [1.54, 1.807) is 0 Å². The molecule has 2 nitrogen and oxygen atoms in total. The van der Waals surface area contributed by atoms with Crippen LogP contribution in [0.1, 0.15) is 38.8 Å². The van der Waals surface area contributed by atoms with Crippen molar-refractivity contribution in [2.45, 2.75) is 39.3 Å². The highest BCUT2D eigenvalue weighted by molar-refractivity contribution is 9.10. The van der Waals surface area contributed by atoms with Crippen LogP contribution >= 0.6 is 15.9 Å². The number of halogens is 1. The van der Waals surface area contributed by atoms with Crippen molar-refractivity contribution in [2.24, 2.45) is 5.92 Å². The first-order chi connectivity index (χ1) is 9.06. The molecule has 1 fully saturated rings. The maximum atomic E-state index is 3.56. The van der Waals surface area contributed by atoms with Crippen LogP contribution in [0.2, 0.25) is 0 Å². The lowest BCUT2D eigenvalue weighted by Crippen LogP contribution is -2.31. The molecule has 2 rings (SSSR count). The summed E-state index contributed by atoms with van der Waals surface area (Å²) in [5.74, 6) is 0.806. The lowest BCUT2D eigenvalue weighted by molar-refractivity contribution is 0.251. The Bertz CT molecular complexity index is 388. The van der Waals surface area contributed by atoms with E-state index in [0.29, 0.717) is 12.1 Å². The molecule has 1 N–H and O–H groups in total. The molecule has 2 atom stereocenters. The topological polar surface area (TPSA) is 15.3 Å². The van der Waals surface area contributed by atoms with E-state index in [2.05, 4.69) is 71.2 Å². The molecule has 0 aliphatic carbocycles. The fraction of sp³-hybridized carbons (Fsp3) is 0.625. The molecule has 1 aliphatic rings.